The van der Waals surface area contributed by atoms with E-state index in [1.54, 1.807) is 26.2 Å². The van der Waals surface area contributed by atoms with Crippen molar-refractivity contribution in [1.82, 2.24) is 9.62 Å². The Morgan fingerprint density at radius 3 is 2.09 bits per heavy atom. The molecule has 0 aliphatic carbocycles. The van der Waals surface area contributed by atoms with E-state index in [2.05, 4.69) is 5.32 Å². The van der Waals surface area contributed by atoms with Crippen LogP contribution in [0.15, 0.2) is 83.8 Å². The lowest BCUT2D eigenvalue weighted by Gasteiger charge is -2.22. The number of carbonyl (C=O) groups excluding carboxylic acids is 1. The smallest absolute Gasteiger partial charge is 0.243 e. The normalized spacial score (nSPS) is 11.4. The highest BCUT2D eigenvalue weighted by Crippen LogP contribution is 2.24. The lowest BCUT2D eigenvalue weighted by Crippen LogP contribution is -2.42. The second-order valence-corrected chi connectivity index (χ2v) is 9.73. The molecule has 0 unspecified atom stereocenters. The van der Waals surface area contributed by atoms with Crippen molar-refractivity contribution in [3.63, 3.8) is 0 Å². The number of hydrogen-bond acceptors (Lipinski definition) is 4. The van der Waals surface area contributed by atoms with E-state index >= 15 is 0 Å². The van der Waals surface area contributed by atoms with Gasteiger partial charge in [-0.25, -0.2) is 8.42 Å². The molecule has 0 aromatic heterocycles. The van der Waals surface area contributed by atoms with Crippen LogP contribution in [0.25, 0.3) is 0 Å². The zero-order valence-corrected chi connectivity index (χ0v) is 19.8. The standard InChI is InChI=1S/C26H30N2O4S/c1-21-19-24(13-14-25(21)32-2)33(30,31)28(18-16-23-11-7-4-8-12-23)20-26(29)27-17-15-22-9-5-3-6-10-22/h3-14,19H,15-18,20H2,1-2H3,(H,27,29). The van der Waals surface area contributed by atoms with Crippen molar-refractivity contribution in [2.75, 3.05) is 26.7 Å². The summed E-state index contributed by atoms with van der Waals surface area (Å²) in [7, 11) is -2.33. The molecule has 1 amide bonds. The summed E-state index contributed by atoms with van der Waals surface area (Å²) in [5.41, 5.74) is 2.84. The number of ether oxygens (including phenoxy) is 1. The molecule has 0 aliphatic heterocycles. The van der Waals surface area contributed by atoms with Crippen LogP contribution in [0.5, 0.6) is 5.75 Å². The van der Waals surface area contributed by atoms with Gasteiger partial charge in [0, 0.05) is 13.1 Å². The fourth-order valence-corrected chi connectivity index (χ4v) is 5.03. The lowest BCUT2D eigenvalue weighted by molar-refractivity contribution is -0.121. The molecule has 3 aromatic rings. The molecule has 0 saturated carbocycles. The van der Waals surface area contributed by atoms with E-state index in [9.17, 15) is 13.2 Å². The van der Waals surface area contributed by atoms with Crippen molar-refractivity contribution in [3.8, 4) is 5.75 Å². The predicted molar refractivity (Wildman–Crippen MR) is 130 cm³/mol. The maximum atomic E-state index is 13.4. The number of benzene rings is 3. The molecule has 7 heteroatoms. The first-order valence-corrected chi connectivity index (χ1v) is 12.3. The van der Waals surface area contributed by atoms with Crippen LogP contribution in [-0.2, 0) is 27.7 Å². The van der Waals surface area contributed by atoms with Crippen LogP contribution in [0.3, 0.4) is 0 Å². The fourth-order valence-electron chi connectivity index (χ4n) is 3.55. The third kappa shape index (κ3) is 6.91. The minimum Gasteiger partial charge on any atom is -0.496 e. The van der Waals surface area contributed by atoms with Gasteiger partial charge in [-0.05, 0) is 54.7 Å². The summed E-state index contributed by atoms with van der Waals surface area (Å²) in [5.74, 6) is 0.288. The maximum absolute atomic E-state index is 13.4. The Bertz CT molecular complexity index is 1150. The van der Waals surface area contributed by atoms with E-state index in [4.69, 9.17) is 4.74 Å². The zero-order chi connectivity index (χ0) is 23.7. The van der Waals surface area contributed by atoms with Gasteiger partial charge in [0.05, 0.1) is 18.6 Å². The Morgan fingerprint density at radius 2 is 1.52 bits per heavy atom. The highest BCUT2D eigenvalue weighted by molar-refractivity contribution is 7.89. The van der Waals surface area contributed by atoms with Crippen molar-refractivity contribution in [2.24, 2.45) is 0 Å². The van der Waals surface area contributed by atoms with Gasteiger partial charge in [0.2, 0.25) is 15.9 Å². The molecular weight excluding hydrogens is 436 g/mol. The van der Waals surface area contributed by atoms with Crippen LogP contribution in [0, 0.1) is 6.92 Å². The number of methoxy groups -OCH3 is 1. The SMILES string of the molecule is COc1ccc(S(=O)(=O)N(CCc2ccccc2)CC(=O)NCCc2ccccc2)cc1C. The Kier molecular flexibility index (Phi) is 8.63. The van der Waals surface area contributed by atoms with E-state index in [-0.39, 0.29) is 23.9 Å². The fraction of sp³-hybridized carbons (Fsp3) is 0.269. The summed E-state index contributed by atoms with van der Waals surface area (Å²) in [5, 5.41) is 2.85. The molecule has 0 bridgehead atoms. The summed E-state index contributed by atoms with van der Waals surface area (Å²) in [6.07, 6.45) is 1.19. The summed E-state index contributed by atoms with van der Waals surface area (Å²) in [4.78, 5) is 12.8. The largest absolute Gasteiger partial charge is 0.496 e. The van der Waals surface area contributed by atoms with Crippen molar-refractivity contribution in [3.05, 3.63) is 95.6 Å². The van der Waals surface area contributed by atoms with Crippen LogP contribution in [0.2, 0.25) is 0 Å². The molecule has 174 valence electrons. The third-order valence-corrected chi connectivity index (χ3v) is 7.24. The summed E-state index contributed by atoms with van der Waals surface area (Å²) >= 11 is 0. The van der Waals surface area contributed by atoms with Gasteiger partial charge in [0.1, 0.15) is 5.75 Å². The van der Waals surface area contributed by atoms with Crippen molar-refractivity contribution in [2.45, 2.75) is 24.7 Å². The first-order valence-electron chi connectivity index (χ1n) is 10.9. The molecule has 0 fully saturated rings. The number of carbonyl (C=O) groups is 1. The minimum absolute atomic E-state index is 0.144. The summed E-state index contributed by atoms with van der Waals surface area (Å²) < 4.78 is 33.4. The molecule has 33 heavy (non-hydrogen) atoms. The number of nitrogens with zero attached hydrogens (tertiary/aromatic N) is 1. The van der Waals surface area contributed by atoms with Crippen molar-refractivity contribution >= 4 is 15.9 Å². The second kappa shape index (κ2) is 11.6. The maximum Gasteiger partial charge on any atom is 0.243 e. The number of hydrogen-bond donors (Lipinski definition) is 1. The van der Waals surface area contributed by atoms with Crippen LogP contribution in [-0.4, -0.2) is 45.4 Å². The average molecular weight is 467 g/mol. The number of rotatable bonds is 11. The number of amides is 1. The molecular formula is C26H30N2O4S. The molecule has 6 nitrogen and oxygen atoms in total. The molecule has 0 radical (unpaired) electrons. The molecule has 0 heterocycles. The minimum atomic E-state index is -3.87. The number of nitrogens with one attached hydrogen (secondary N) is 1. The third-order valence-electron chi connectivity index (χ3n) is 5.40. The van der Waals surface area contributed by atoms with E-state index in [1.807, 2.05) is 60.7 Å². The molecule has 1 N–H and O–H groups in total. The van der Waals surface area contributed by atoms with Crippen LogP contribution < -0.4 is 10.1 Å². The highest BCUT2D eigenvalue weighted by atomic mass is 32.2. The van der Waals surface area contributed by atoms with Gasteiger partial charge < -0.3 is 10.1 Å². The molecule has 0 saturated heterocycles. The average Bonchev–Trinajstić information content (AvgIpc) is 2.83. The van der Waals surface area contributed by atoms with Gasteiger partial charge in [0.15, 0.2) is 0 Å². The topological polar surface area (TPSA) is 75.7 Å². The van der Waals surface area contributed by atoms with E-state index in [1.165, 1.54) is 10.4 Å². The van der Waals surface area contributed by atoms with Gasteiger partial charge in [-0.15, -0.1) is 0 Å². The van der Waals surface area contributed by atoms with Gasteiger partial charge >= 0.3 is 0 Å². The highest BCUT2D eigenvalue weighted by Gasteiger charge is 2.27. The predicted octanol–water partition coefficient (Wildman–Crippen LogP) is 3.60. The van der Waals surface area contributed by atoms with Crippen LogP contribution in [0.4, 0.5) is 0 Å². The summed E-state index contributed by atoms with van der Waals surface area (Å²) in [6.45, 7) is 2.19. The molecule has 3 rings (SSSR count). The van der Waals surface area contributed by atoms with E-state index < -0.39 is 10.0 Å². The first-order chi connectivity index (χ1) is 15.9. The van der Waals surface area contributed by atoms with Crippen molar-refractivity contribution < 1.29 is 17.9 Å². The van der Waals surface area contributed by atoms with Gasteiger partial charge in [-0.3, -0.25) is 4.79 Å². The summed E-state index contributed by atoms with van der Waals surface area (Å²) in [6, 6.07) is 24.2. The lowest BCUT2D eigenvalue weighted by atomic mass is 10.1. The quantitative estimate of drug-likeness (QED) is 0.469. The van der Waals surface area contributed by atoms with Gasteiger partial charge in [-0.1, -0.05) is 60.7 Å². The first kappa shape index (κ1) is 24.5. The van der Waals surface area contributed by atoms with Gasteiger partial charge in [-0.2, -0.15) is 4.31 Å². The Labute approximate surface area is 196 Å². The monoisotopic (exact) mass is 466 g/mol. The molecule has 0 spiro atoms. The number of sulfonamides is 1. The molecule has 0 atom stereocenters. The molecule has 3 aromatic carbocycles. The Morgan fingerprint density at radius 1 is 0.909 bits per heavy atom. The van der Waals surface area contributed by atoms with E-state index in [0.717, 1.165) is 11.1 Å². The number of aryl methyl sites for hydroxylation is 1. The second-order valence-electron chi connectivity index (χ2n) is 7.79. The van der Waals surface area contributed by atoms with Crippen molar-refractivity contribution in [1.29, 1.82) is 0 Å². The van der Waals surface area contributed by atoms with Crippen LogP contribution in [0.1, 0.15) is 16.7 Å². The van der Waals surface area contributed by atoms with Gasteiger partial charge in [0.25, 0.3) is 0 Å². The Balaban J connectivity index is 1.73. The zero-order valence-electron chi connectivity index (χ0n) is 19.0. The Hall–Kier alpha value is -3.16. The molecule has 0 aliphatic rings. The van der Waals surface area contributed by atoms with Crippen LogP contribution >= 0.6 is 0 Å². The van der Waals surface area contributed by atoms with E-state index in [0.29, 0.717) is 30.7 Å².